The summed E-state index contributed by atoms with van der Waals surface area (Å²) in [7, 11) is 0. The van der Waals surface area contributed by atoms with Crippen molar-refractivity contribution in [2.24, 2.45) is 0 Å². The molecule has 0 radical (unpaired) electrons. The minimum Gasteiger partial charge on any atom is -0.351 e. The van der Waals surface area contributed by atoms with Crippen LogP contribution in [0.15, 0.2) is 73.2 Å². The van der Waals surface area contributed by atoms with E-state index < -0.39 is 5.92 Å². The number of rotatable bonds is 5. The Morgan fingerprint density at radius 1 is 1.00 bits per heavy atom. The Morgan fingerprint density at radius 3 is 2.42 bits per heavy atom. The second-order valence-corrected chi connectivity index (χ2v) is 5.67. The van der Waals surface area contributed by atoms with E-state index in [1.54, 1.807) is 18.6 Å². The van der Waals surface area contributed by atoms with Gasteiger partial charge in [-0.25, -0.2) is 0 Å². The molecule has 0 aliphatic heterocycles. The Morgan fingerprint density at radius 2 is 1.75 bits per heavy atom. The number of carbonyl (C=O) groups is 1. The molecular weight excluding hydrogens is 298 g/mol. The van der Waals surface area contributed by atoms with Crippen molar-refractivity contribution in [1.82, 2.24) is 15.3 Å². The standard InChI is InChI=1S/C20H19N3O/c1-15-5-7-17(8-6-15)19(18-4-2-3-11-22-18)20(24)23-14-16-9-12-21-13-10-16/h2-13,19H,14H2,1H3,(H,23,24). The third-order valence-corrected chi connectivity index (χ3v) is 3.87. The van der Waals surface area contributed by atoms with Gasteiger partial charge in [0.15, 0.2) is 0 Å². The minimum absolute atomic E-state index is 0.0608. The molecule has 0 aliphatic carbocycles. The van der Waals surface area contributed by atoms with Gasteiger partial charge in [0.25, 0.3) is 0 Å². The molecular formula is C20H19N3O. The molecule has 1 atom stereocenters. The van der Waals surface area contributed by atoms with Crippen LogP contribution in [-0.4, -0.2) is 15.9 Å². The highest BCUT2D eigenvalue weighted by Gasteiger charge is 2.23. The molecule has 1 N–H and O–H groups in total. The Labute approximate surface area is 141 Å². The summed E-state index contributed by atoms with van der Waals surface area (Å²) in [5, 5.41) is 3.00. The number of aryl methyl sites for hydroxylation is 1. The van der Waals surface area contributed by atoms with E-state index in [0.29, 0.717) is 6.54 Å². The molecule has 2 heterocycles. The summed E-state index contributed by atoms with van der Waals surface area (Å²) >= 11 is 0. The molecule has 4 nitrogen and oxygen atoms in total. The van der Waals surface area contributed by atoms with Gasteiger partial charge >= 0.3 is 0 Å². The Kier molecular flexibility index (Phi) is 4.96. The lowest BCUT2D eigenvalue weighted by atomic mass is 9.93. The van der Waals surface area contributed by atoms with Crippen LogP contribution in [0, 0.1) is 6.92 Å². The van der Waals surface area contributed by atoms with Crippen molar-refractivity contribution >= 4 is 5.91 Å². The molecule has 3 aromatic rings. The second-order valence-electron chi connectivity index (χ2n) is 5.67. The van der Waals surface area contributed by atoms with Crippen molar-refractivity contribution in [3.8, 4) is 0 Å². The SMILES string of the molecule is Cc1ccc(C(C(=O)NCc2ccncc2)c2ccccn2)cc1. The molecule has 1 amide bonds. The number of aromatic nitrogens is 2. The van der Waals surface area contributed by atoms with Gasteiger partial charge in [0.05, 0.1) is 5.69 Å². The average Bonchev–Trinajstić information content (AvgIpc) is 2.64. The van der Waals surface area contributed by atoms with Gasteiger partial charge in [-0.2, -0.15) is 0 Å². The number of amides is 1. The maximum absolute atomic E-state index is 12.8. The summed E-state index contributed by atoms with van der Waals surface area (Å²) in [5.74, 6) is -0.483. The number of pyridine rings is 2. The molecule has 0 aliphatic rings. The summed E-state index contributed by atoms with van der Waals surface area (Å²) in [6.07, 6.45) is 5.15. The maximum Gasteiger partial charge on any atom is 0.233 e. The Hall–Kier alpha value is -3.01. The van der Waals surface area contributed by atoms with Crippen molar-refractivity contribution < 1.29 is 4.79 Å². The first kappa shape index (κ1) is 15.9. The number of carbonyl (C=O) groups excluding carboxylic acids is 1. The molecule has 24 heavy (non-hydrogen) atoms. The summed E-state index contributed by atoms with van der Waals surface area (Å²) in [6.45, 7) is 2.50. The van der Waals surface area contributed by atoms with E-state index in [0.717, 1.165) is 22.4 Å². The highest BCUT2D eigenvalue weighted by Crippen LogP contribution is 2.23. The smallest absolute Gasteiger partial charge is 0.233 e. The van der Waals surface area contributed by atoms with Gasteiger partial charge in [0, 0.05) is 25.1 Å². The minimum atomic E-state index is -0.423. The predicted octanol–water partition coefficient (Wildman–Crippen LogP) is 3.23. The lowest BCUT2D eigenvalue weighted by molar-refractivity contribution is -0.121. The van der Waals surface area contributed by atoms with Crippen LogP contribution in [0.25, 0.3) is 0 Å². The Balaban J connectivity index is 1.84. The normalized spacial score (nSPS) is 11.7. The molecule has 120 valence electrons. The van der Waals surface area contributed by atoms with Gasteiger partial charge in [-0.1, -0.05) is 35.9 Å². The molecule has 2 aromatic heterocycles. The van der Waals surface area contributed by atoms with Crippen LogP contribution in [0.3, 0.4) is 0 Å². The van der Waals surface area contributed by atoms with Crippen molar-refractivity contribution in [2.75, 3.05) is 0 Å². The van der Waals surface area contributed by atoms with Gasteiger partial charge in [-0.05, 0) is 42.3 Å². The number of nitrogens with zero attached hydrogens (tertiary/aromatic N) is 2. The van der Waals surface area contributed by atoms with E-state index >= 15 is 0 Å². The molecule has 0 saturated carbocycles. The fourth-order valence-electron chi connectivity index (χ4n) is 2.55. The van der Waals surface area contributed by atoms with Crippen LogP contribution >= 0.6 is 0 Å². The van der Waals surface area contributed by atoms with E-state index in [9.17, 15) is 4.79 Å². The second kappa shape index (κ2) is 7.51. The fourth-order valence-corrected chi connectivity index (χ4v) is 2.55. The Bertz CT molecular complexity index is 786. The van der Waals surface area contributed by atoms with E-state index in [2.05, 4.69) is 15.3 Å². The number of benzene rings is 1. The van der Waals surface area contributed by atoms with E-state index in [-0.39, 0.29) is 5.91 Å². The van der Waals surface area contributed by atoms with Crippen molar-refractivity contribution in [3.05, 3.63) is 95.6 Å². The van der Waals surface area contributed by atoms with Crippen LogP contribution < -0.4 is 5.32 Å². The van der Waals surface area contributed by atoms with Crippen molar-refractivity contribution in [2.45, 2.75) is 19.4 Å². The van der Waals surface area contributed by atoms with Crippen LogP contribution in [0.1, 0.15) is 28.3 Å². The van der Waals surface area contributed by atoms with Crippen LogP contribution in [0.2, 0.25) is 0 Å². The molecule has 1 unspecified atom stereocenters. The molecule has 4 heteroatoms. The third-order valence-electron chi connectivity index (χ3n) is 3.87. The molecule has 0 spiro atoms. The molecule has 1 aromatic carbocycles. The molecule has 3 rings (SSSR count). The molecule has 0 bridgehead atoms. The van der Waals surface area contributed by atoms with Gasteiger partial charge < -0.3 is 5.32 Å². The van der Waals surface area contributed by atoms with E-state index in [1.807, 2.05) is 61.5 Å². The zero-order valence-electron chi connectivity index (χ0n) is 13.5. The van der Waals surface area contributed by atoms with Gasteiger partial charge in [0.2, 0.25) is 5.91 Å². The fraction of sp³-hybridized carbons (Fsp3) is 0.150. The molecule has 0 saturated heterocycles. The summed E-state index contributed by atoms with van der Waals surface area (Å²) in [5.41, 5.74) is 3.86. The predicted molar refractivity (Wildman–Crippen MR) is 93.3 cm³/mol. The summed E-state index contributed by atoms with van der Waals surface area (Å²) in [4.78, 5) is 21.2. The quantitative estimate of drug-likeness (QED) is 0.786. The average molecular weight is 317 g/mol. The largest absolute Gasteiger partial charge is 0.351 e. The third kappa shape index (κ3) is 3.84. The zero-order valence-corrected chi connectivity index (χ0v) is 13.5. The van der Waals surface area contributed by atoms with Crippen molar-refractivity contribution in [3.63, 3.8) is 0 Å². The topological polar surface area (TPSA) is 54.9 Å². The summed E-state index contributed by atoms with van der Waals surface area (Å²) in [6, 6.07) is 17.4. The van der Waals surface area contributed by atoms with Crippen LogP contribution in [0.4, 0.5) is 0 Å². The highest BCUT2D eigenvalue weighted by molar-refractivity contribution is 5.86. The lowest BCUT2D eigenvalue weighted by Crippen LogP contribution is -2.30. The first-order chi connectivity index (χ1) is 11.7. The monoisotopic (exact) mass is 317 g/mol. The first-order valence-electron chi connectivity index (χ1n) is 7.88. The highest BCUT2D eigenvalue weighted by atomic mass is 16.1. The molecule has 0 fully saturated rings. The first-order valence-corrected chi connectivity index (χ1v) is 7.88. The number of nitrogens with one attached hydrogen (secondary N) is 1. The van der Waals surface area contributed by atoms with E-state index in [1.165, 1.54) is 0 Å². The van der Waals surface area contributed by atoms with Crippen molar-refractivity contribution in [1.29, 1.82) is 0 Å². The van der Waals surface area contributed by atoms with E-state index in [4.69, 9.17) is 0 Å². The summed E-state index contributed by atoms with van der Waals surface area (Å²) < 4.78 is 0. The number of hydrogen-bond acceptors (Lipinski definition) is 3. The van der Waals surface area contributed by atoms with Crippen LogP contribution in [0.5, 0.6) is 0 Å². The van der Waals surface area contributed by atoms with Gasteiger partial charge in [0.1, 0.15) is 5.92 Å². The van der Waals surface area contributed by atoms with Gasteiger partial charge in [-0.15, -0.1) is 0 Å². The lowest BCUT2D eigenvalue weighted by Gasteiger charge is -2.17. The van der Waals surface area contributed by atoms with Gasteiger partial charge in [-0.3, -0.25) is 14.8 Å². The zero-order chi connectivity index (χ0) is 16.8. The maximum atomic E-state index is 12.8. The number of hydrogen-bond donors (Lipinski definition) is 1. The van der Waals surface area contributed by atoms with Crippen LogP contribution in [-0.2, 0) is 11.3 Å².